The van der Waals surface area contributed by atoms with Gasteiger partial charge in [0.1, 0.15) is 0 Å². The van der Waals surface area contributed by atoms with Crippen LogP contribution in [0.3, 0.4) is 0 Å². The van der Waals surface area contributed by atoms with Gasteiger partial charge in [0.05, 0.1) is 21.1 Å². The van der Waals surface area contributed by atoms with Gasteiger partial charge in [0.2, 0.25) is 0 Å². The van der Waals surface area contributed by atoms with Crippen LogP contribution in [0, 0.1) is 24.0 Å². The summed E-state index contributed by atoms with van der Waals surface area (Å²) in [5.74, 6) is -1.12. The molecule has 2 N–H and O–H groups in total. The molecule has 24 heavy (non-hydrogen) atoms. The third-order valence-electron chi connectivity index (χ3n) is 3.39. The molecule has 0 amide bonds. The molecule has 0 saturated heterocycles. The fourth-order valence-corrected chi connectivity index (χ4v) is 3.50. The van der Waals surface area contributed by atoms with Crippen molar-refractivity contribution in [3.8, 4) is 0 Å². The number of anilines is 1. The van der Waals surface area contributed by atoms with E-state index in [0.717, 1.165) is 6.07 Å². The van der Waals surface area contributed by atoms with Gasteiger partial charge in [-0.2, -0.15) is 0 Å². The summed E-state index contributed by atoms with van der Waals surface area (Å²) in [6.07, 6.45) is 0. The lowest BCUT2D eigenvalue weighted by molar-refractivity contribution is -0.385. The molecular weight excluding hydrogens is 336 g/mol. The second-order valence-corrected chi connectivity index (χ2v) is 6.80. The van der Waals surface area contributed by atoms with Crippen LogP contribution >= 0.6 is 0 Å². The van der Waals surface area contributed by atoms with Gasteiger partial charge in [-0.15, -0.1) is 0 Å². The molecule has 0 aromatic heterocycles. The standard InChI is InChI=1S/C15H14N2O6S/c1-9-3-5-12(17(20)21)8-14(9)24(22,23)16-13-6-4-11(15(18)19)7-10(13)2/h3-8,16H,1-2H3,(H,18,19). The highest BCUT2D eigenvalue weighted by Gasteiger charge is 2.21. The van der Waals surface area contributed by atoms with E-state index in [9.17, 15) is 23.3 Å². The Labute approximate surface area is 138 Å². The highest BCUT2D eigenvalue weighted by atomic mass is 32.2. The van der Waals surface area contributed by atoms with Crippen molar-refractivity contribution in [2.75, 3.05) is 4.72 Å². The number of non-ortho nitro benzene ring substituents is 1. The number of nitrogens with zero attached hydrogens (tertiary/aromatic N) is 1. The summed E-state index contributed by atoms with van der Waals surface area (Å²) in [4.78, 5) is 20.9. The van der Waals surface area contributed by atoms with Crippen molar-refractivity contribution in [3.05, 3.63) is 63.2 Å². The average Bonchev–Trinajstić information content (AvgIpc) is 2.48. The Morgan fingerprint density at radius 2 is 1.79 bits per heavy atom. The van der Waals surface area contributed by atoms with E-state index in [1.54, 1.807) is 6.92 Å². The largest absolute Gasteiger partial charge is 0.478 e. The van der Waals surface area contributed by atoms with Crippen LogP contribution in [0.15, 0.2) is 41.3 Å². The topological polar surface area (TPSA) is 127 Å². The fraction of sp³-hybridized carbons (Fsp3) is 0.133. The third-order valence-corrected chi connectivity index (χ3v) is 4.90. The van der Waals surface area contributed by atoms with Crippen LogP contribution in [-0.4, -0.2) is 24.4 Å². The summed E-state index contributed by atoms with van der Waals surface area (Å²) in [5, 5.41) is 19.8. The van der Waals surface area contributed by atoms with Crippen molar-refractivity contribution >= 4 is 27.4 Å². The highest BCUT2D eigenvalue weighted by molar-refractivity contribution is 7.92. The lowest BCUT2D eigenvalue weighted by Gasteiger charge is -2.12. The van der Waals surface area contributed by atoms with Crippen molar-refractivity contribution in [1.29, 1.82) is 0 Å². The van der Waals surface area contributed by atoms with Crippen molar-refractivity contribution in [3.63, 3.8) is 0 Å². The van der Waals surface area contributed by atoms with Gasteiger partial charge in [0, 0.05) is 12.1 Å². The van der Waals surface area contributed by atoms with E-state index in [1.807, 2.05) is 0 Å². The number of benzene rings is 2. The van der Waals surface area contributed by atoms with Gasteiger partial charge in [0.25, 0.3) is 15.7 Å². The smallest absolute Gasteiger partial charge is 0.335 e. The normalized spacial score (nSPS) is 11.1. The maximum absolute atomic E-state index is 12.5. The van der Waals surface area contributed by atoms with E-state index in [1.165, 1.54) is 37.3 Å². The molecule has 0 aliphatic heterocycles. The van der Waals surface area contributed by atoms with E-state index in [4.69, 9.17) is 5.11 Å². The molecule has 0 atom stereocenters. The molecule has 0 spiro atoms. The Morgan fingerprint density at radius 1 is 1.12 bits per heavy atom. The Hall–Kier alpha value is -2.94. The molecule has 0 heterocycles. The van der Waals surface area contributed by atoms with Gasteiger partial charge in [-0.05, 0) is 43.2 Å². The van der Waals surface area contributed by atoms with Gasteiger partial charge in [0.15, 0.2) is 0 Å². The molecular formula is C15H14N2O6S. The first-order valence-electron chi connectivity index (χ1n) is 6.73. The summed E-state index contributed by atoms with van der Waals surface area (Å²) in [7, 11) is -4.06. The lowest BCUT2D eigenvalue weighted by Crippen LogP contribution is -2.15. The first-order valence-corrected chi connectivity index (χ1v) is 8.22. The van der Waals surface area contributed by atoms with Crippen molar-refractivity contribution in [2.45, 2.75) is 18.7 Å². The number of aromatic carboxylic acids is 1. The van der Waals surface area contributed by atoms with E-state index in [0.29, 0.717) is 11.1 Å². The molecule has 8 nitrogen and oxygen atoms in total. The van der Waals surface area contributed by atoms with Crippen LogP contribution in [0.25, 0.3) is 0 Å². The summed E-state index contributed by atoms with van der Waals surface area (Å²) >= 11 is 0. The molecule has 2 aromatic rings. The minimum atomic E-state index is -4.06. The quantitative estimate of drug-likeness (QED) is 0.630. The Balaban J connectivity index is 2.44. The van der Waals surface area contributed by atoms with Crippen LogP contribution in [0.5, 0.6) is 0 Å². The number of hydrogen-bond donors (Lipinski definition) is 2. The van der Waals surface area contributed by atoms with Gasteiger partial charge in [-0.1, -0.05) is 6.07 Å². The monoisotopic (exact) mass is 350 g/mol. The van der Waals surface area contributed by atoms with E-state index in [2.05, 4.69) is 4.72 Å². The van der Waals surface area contributed by atoms with Crippen molar-refractivity contribution < 1.29 is 23.2 Å². The molecule has 0 bridgehead atoms. The molecule has 0 aliphatic carbocycles. The van der Waals surface area contributed by atoms with E-state index in [-0.39, 0.29) is 21.8 Å². The average molecular weight is 350 g/mol. The molecule has 0 radical (unpaired) electrons. The summed E-state index contributed by atoms with van der Waals surface area (Å²) in [6.45, 7) is 3.09. The summed E-state index contributed by atoms with van der Waals surface area (Å²) < 4.78 is 27.4. The number of nitrogens with one attached hydrogen (secondary N) is 1. The molecule has 0 saturated carbocycles. The number of rotatable bonds is 5. The van der Waals surface area contributed by atoms with Gasteiger partial charge in [-0.25, -0.2) is 13.2 Å². The lowest BCUT2D eigenvalue weighted by atomic mass is 10.1. The molecule has 0 unspecified atom stereocenters. The third kappa shape index (κ3) is 3.51. The number of nitro benzene ring substituents is 1. The molecule has 126 valence electrons. The maximum Gasteiger partial charge on any atom is 0.335 e. The molecule has 2 aromatic carbocycles. The summed E-state index contributed by atoms with van der Waals surface area (Å²) in [6, 6.07) is 7.50. The van der Waals surface area contributed by atoms with Crippen molar-refractivity contribution in [2.24, 2.45) is 0 Å². The molecule has 0 aliphatic rings. The molecule has 0 fully saturated rings. The number of carboxylic acids is 1. The second kappa shape index (κ2) is 6.28. The maximum atomic E-state index is 12.5. The zero-order chi connectivity index (χ0) is 18.1. The predicted molar refractivity (Wildman–Crippen MR) is 86.8 cm³/mol. The highest BCUT2D eigenvalue weighted by Crippen LogP contribution is 2.25. The number of aryl methyl sites for hydroxylation is 2. The van der Waals surface area contributed by atoms with Crippen LogP contribution < -0.4 is 4.72 Å². The SMILES string of the molecule is Cc1cc(C(=O)O)ccc1NS(=O)(=O)c1cc([N+](=O)[O-])ccc1C. The van der Waals surface area contributed by atoms with Crippen LogP contribution in [-0.2, 0) is 10.0 Å². The number of hydrogen-bond acceptors (Lipinski definition) is 5. The number of sulfonamides is 1. The Morgan fingerprint density at radius 3 is 2.33 bits per heavy atom. The van der Waals surface area contributed by atoms with Crippen LogP contribution in [0.1, 0.15) is 21.5 Å². The number of carbonyl (C=O) groups is 1. The van der Waals surface area contributed by atoms with Crippen LogP contribution in [0.4, 0.5) is 11.4 Å². The minimum absolute atomic E-state index is 0.0296. The second-order valence-electron chi connectivity index (χ2n) is 5.15. The first-order chi connectivity index (χ1) is 11.1. The van der Waals surface area contributed by atoms with E-state index < -0.39 is 20.9 Å². The minimum Gasteiger partial charge on any atom is -0.478 e. The molecule has 2 rings (SSSR count). The Bertz CT molecular complexity index is 937. The van der Waals surface area contributed by atoms with Gasteiger partial charge < -0.3 is 5.11 Å². The van der Waals surface area contributed by atoms with Gasteiger partial charge in [-0.3, -0.25) is 14.8 Å². The van der Waals surface area contributed by atoms with Gasteiger partial charge >= 0.3 is 5.97 Å². The predicted octanol–water partition coefficient (Wildman–Crippen LogP) is 2.71. The Kier molecular flexibility index (Phi) is 4.56. The number of nitro groups is 1. The first kappa shape index (κ1) is 17.4. The zero-order valence-electron chi connectivity index (χ0n) is 12.8. The number of carboxylic acid groups (broad SMARTS) is 1. The van der Waals surface area contributed by atoms with Crippen LogP contribution in [0.2, 0.25) is 0 Å². The molecule has 9 heteroatoms. The van der Waals surface area contributed by atoms with Crippen molar-refractivity contribution in [1.82, 2.24) is 0 Å². The zero-order valence-corrected chi connectivity index (χ0v) is 13.6. The summed E-state index contributed by atoms with van der Waals surface area (Å²) in [5.41, 5.74) is 0.668. The fourth-order valence-electron chi connectivity index (χ4n) is 2.10. The van der Waals surface area contributed by atoms with E-state index >= 15 is 0 Å².